The van der Waals surface area contributed by atoms with Crippen LogP contribution in [0.2, 0.25) is 0 Å². The molecule has 1 aromatic rings. The van der Waals surface area contributed by atoms with Crippen molar-refractivity contribution in [3.05, 3.63) is 17.5 Å². The molecule has 5 nitrogen and oxygen atoms in total. The molecule has 0 spiro atoms. The second kappa shape index (κ2) is 8.00. The number of hydrogen-bond donors (Lipinski definition) is 1. The molecular formula is C13H23N3O2. The molecule has 0 aliphatic rings. The summed E-state index contributed by atoms with van der Waals surface area (Å²) in [5, 5.41) is 3.25. The minimum atomic E-state index is -0.0380. The summed E-state index contributed by atoms with van der Waals surface area (Å²) in [4.78, 5) is 8.56. The molecule has 1 heterocycles. The van der Waals surface area contributed by atoms with Crippen molar-refractivity contribution in [2.75, 3.05) is 19.8 Å². The predicted octanol–water partition coefficient (Wildman–Crippen LogP) is 1.70. The van der Waals surface area contributed by atoms with Crippen LogP contribution < -0.4 is 10.1 Å². The molecule has 0 radical (unpaired) electrons. The fraction of sp³-hybridized carbons (Fsp3) is 0.692. The van der Waals surface area contributed by atoms with Crippen LogP contribution in [-0.2, 0) is 11.3 Å². The summed E-state index contributed by atoms with van der Waals surface area (Å²) >= 11 is 0. The maximum atomic E-state index is 5.59. The minimum Gasteiger partial charge on any atom is -0.458 e. The van der Waals surface area contributed by atoms with E-state index in [2.05, 4.69) is 22.2 Å². The fourth-order valence-corrected chi connectivity index (χ4v) is 1.46. The summed E-state index contributed by atoms with van der Waals surface area (Å²) in [6.07, 6.45) is 1.78. The molecular weight excluding hydrogens is 230 g/mol. The van der Waals surface area contributed by atoms with E-state index in [-0.39, 0.29) is 6.10 Å². The summed E-state index contributed by atoms with van der Waals surface area (Å²) in [6, 6.07) is 0.417. The van der Waals surface area contributed by atoms with Gasteiger partial charge in [-0.3, -0.25) is 0 Å². The Morgan fingerprint density at radius 1 is 1.39 bits per heavy atom. The summed E-state index contributed by atoms with van der Waals surface area (Å²) in [5.74, 6) is 0. The third kappa shape index (κ3) is 4.98. The highest BCUT2D eigenvalue weighted by atomic mass is 16.5. The third-order valence-corrected chi connectivity index (χ3v) is 2.49. The van der Waals surface area contributed by atoms with Gasteiger partial charge in [-0.05, 0) is 27.3 Å². The maximum Gasteiger partial charge on any atom is 0.316 e. The van der Waals surface area contributed by atoms with Gasteiger partial charge in [-0.2, -0.15) is 0 Å². The summed E-state index contributed by atoms with van der Waals surface area (Å²) in [7, 11) is 0. The SMILES string of the molecule is CCNCc1cnc(OC(C)COCC)nc1C. The lowest BCUT2D eigenvalue weighted by molar-refractivity contribution is 0.0606. The van der Waals surface area contributed by atoms with E-state index in [9.17, 15) is 0 Å². The number of ether oxygens (including phenoxy) is 2. The molecule has 0 aliphatic heterocycles. The first-order valence-corrected chi connectivity index (χ1v) is 6.45. The average Bonchev–Trinajstić information content (AvgIpc) is 2.35. The minimum absolute atomic E-state index is 0.0380. The Morgan fingerprint density at radius 2 is 2.17 bits per heavy atom. The molecule has 1 N–H and O–H groups in total. The van der Waals surface area contributed by atoms with Crippen LogP contribution in [0, 0.1) is 6.92 Å². The highest BCUT2D eigenvalue weighted by molar-refractivity contribution is 5.17. The van der Waals surface area contributed by atoms with Gasteiger partial charge < -0.3 is 14.8 Å². The largest absolute Gasteiger partial charge is 0.458 e. The Kier molecular flexibility index (Phi) is 6.60. The second-order valence-corrected chi connectivity index (χ2v) is 4.13. The van der Waals surface area contributed by atoms with Crippen LogP contribution in [0.4, 0.5) is 0 Å². The van der Waals surface area contributed by atoms with E-state index in [4.69, 9.17) is 9.47 Å². The molecule has 0 bridgehead atoms. The highest BCUT2D eigenvalue weighted by Crippen LogP contribution is 2.10. The van der Waals surface area contributed by atoms with Crippen molar-refractivity contribution in [1.82, 2.24) is 15.3 Å². The number of aromatic nitrogens is 2. The van der Waals surface area contributed by atoms with Crippen LogP contribution in [-0.4, -0.2) is 35.8 Å². The van der Waals surface area contributed by atoms with Gasteiger partial charge in [-0.25, -0.2) is 9.97 Å². The normalized spacial score (nSPS) is 12.4. The molecule has 0 aromatic carbocycles. The molecule has 0 aliphatic carbocycles. The quantitative estimate of drug-likeness (QED) is 0.764. The van der Waals surface area contributed by atoms with Crippen molar-refractivity contribution in [1.29, 1.82) is 0 Å². The molecule has 0 amide bonds. The number of nitrogens with zero attached hydrogens (tertiary/aromatic N) is 2. The second-order valence-electron chi connectivity index (χ2n) is 4.13. The Labute approximate surface area is 109 Å². The van der Waals surface area contributed by atoms with E-state index in [0.29, 0.717) is 19.2 Å². The number of hydrogen-bond acceptors (Lipinski definition) is 5. The summed E-state index contributed by atoms with van der Waals surface area (Å²) in [5.41, 5.74) is 2.05. The Morgan fingerprint density at radius 3 is 2.78 bits per heavy atom. The first-order chi connectivity index (χ1) is 8.67. The third-order valence-electron chi connectivity index (χ3n) is 2.49. The molecule has 1 atom stereocenters. The summed E-state index contributed by atoms with van der Waals surface area (Å²) < 4.78 is 10.9. The number of aryl methyl sites for hydroxylation is 1. The predicted molar refractivity (Wildman–Crippen MR) is 70.7 cm³/mol. The molecule has 1 aromatic heterocycles. The zero-order chi connectivity index (χ0) is 13.4. The van der Waals surface area contributed by atoms with Gasteiger partial charge in [0.15, 0.2) is 0 Å². The molecule has 1 rings (SSSR count). The van der Waals surface area contributed by atoms with Crippen molar-refractivity contribution in [3.8, 4) is 6.01 Å². The lowest BCUT2D eigenvalue weighted by Gasteiger charge is -2.13. The van der Waals surface area contributed by atoms with Gasteiger partial charge in [0.2, 0.25) is 0 Å². The van der Waals surface area contributed by atoms with Crippen LogP contribution in [0.1, 0.15) is 32.0 Å². The molecule has 0 saturated heterocycles. The van der Waals surface area contributed by atoms with Gasteiger partial charge in [-0.1, -0.05) is 6.92 Å². The highest BCUT2D eigenvalue weighted by Gasteiger charge is 2.08. The van der Waals surface area contributed by atoms with E-state index >= 15 is 0 Å². The summed E-state index contributed by atoms with van der Waals surface area (Å²) in [6.45, 7) is 10.9. The standard InChI is InChI=1S/C13H23N3O2/c1-5-14-7-12-8-15-13(16-11(12)4)18-10(3)9-17-6-2/h8,10,14H,5-7,9H2,1-4H3. The molecule has 0 saturated carbocycles. The van der Waals surface area contributed by atoms with E-state index in [1.54, 1.807) is 0 Å². The van der Waals surface area contributed by atoms with Crippen molar-refractivity contribution in [2.24, 2.45) is 0 Å². The number of rotatable bonds is 8. The van der Waals surface area contributed by atoms with Crippen molar-refractivity contribution < 1.29 is 9.47 Å². The Hall–Kier alpha value is -1.20. The van der Waals surface area contributed by atoms with Crippen LogP contribution in [0.25, 0.3) is 0 Å². The first kappa shape index (κ1) is 14.9. The average molecular weight is 253 g/mol. The zero-order valence-electron chi connectivity index (χ0n) is 11.7. The van der Waals surface area contributed by atoms with E-state index in [0.717, 1.165) is 24.3 Å². The molecule has 0 fully saturated rings. The smallest absolute Gasteiger partial charge is 0.316 e. The van der Waals surface area contributed by atoms with Crippen molar-refractivity contribution in [3.63, 3.8) is 0 Å². The van der Waals surface area contributed by atoms with E-state index < -0.39 is 0 Å². The van der Waals surface area contributed by atoms with Crippen LogP contribution in [0.5, 0.6) is 6.01 Å². The van der Waals surface area contributed by atoms with Gasteiger partial charge in [0.1, 0.15) is 6.10 Å². The zero-order valence-corrected chi connectivity index (χ0v) is 11.7. The van der Waals surface area contributed by atoms with Gasteiger partial charge in [0, 0.05) is 30.6 Å². The lowest BCUT2D eigenvalue weighted by atomic mass is 10.2. The molecule has 5 heteroatoms. The van der Waals surface area contributed by atoms with E-state index in [1.165, 1.54) is 0 Å². The van der Waals surface area contributed by atoms with Crippen molar-refractivity contribution in [2.45, 2.75) is 40.3 Å². The van der Waals surface area contributed by atoms with Crippen molar-refractivity contribution >= 4 is 0 Å². The molecule has 18 heavy (non-hydrogen) atoms. The topological polar surface area (TPSA) is 56.3 Å². The molecule has 102 valence electrons. The Balaban J connectivity index is 2.55. The monoisotopic (exact) mass is 253 g/mol. The van der Waals surface area contributed by atoms with Crippen LogP contribution >= 0.6 is 0 Å². The van der Waals surface area contributed by atoms with Crippen LogP contribution in [0.15, 0.2) is 6.20 Å². The maximum absolute atomic E-state index is 5.59. The van der Waals surface area contributed by atoms with E-state index in [1.807, 2.05) is 27.0 Å². The van der Waals surface area contributed by atoms with Crippen LogP contribution in [0.3, 0.4) is 0 Å². The molecule has 1 unspecified atom stereocenters. The first-order valence-electron chi connectivity index (χ1n) is 6.45. The van der Waals surface area contributed by atoms with Gasteiger partial charge in [0.25, 0.3) is 0 Å². The lowest BCUT2D eigenvalue weighted by Crippen LogP contribution is -2.21. The van der Waals surface area contributed by atoms with Gasteiger partial charge >= 0.3 is 6.01 Å². The Bertz CT molecular complexity index is 358. The number of nitrogens with one attached hydrogen (secondary N) is 1. The fourth-order valence-electron chi connectivity index (χ4n) is 1.46. The van der Waals surface area contributed by atoms with Gasteiger partial charge in [-0.15, -0.1) is 0 Å². The van der Waals surface area contributed by atoms with Gasteiger partial charge in [0.05, 0.1) is 6.61 Å².